The van der Waals surface area contributed by atoms with Crippen molar-refractivity contribution in [3.63, 3.8) is 0 Å². The molecule has 0 aromatic heterocycles. The Bertz CT molecular complexity index is 735. The van der Waals surface area contributed by atoms with Gasteiger partial charge in [0.15, 0.2) is 0 Å². The molecule has 2 aromatic carbocycles. The van der Waals surface area contributed by atoms with E-state index < -0.39 is 0 Å². The molecule has 0 aliphatic rings. The van der Waals surface area contributed by atoms with E-state index >= 15 is 0 Å². The Kier molecular flexibility index (Phi) is 6.63. The van der Waals surface area contributed by atoms with Crippen molar-refractivity contribution in [3.05, 3.63) is 57.5 Å². The molecule has 24 heavy (non-hydrogen) atoms. The maximum absolute atomic E-state index is 11.9. The van der Waals surface area contributed by atoms with Crippen molar-refractivity contribution < 1.29 is 9.59 Å². The molecule has 3 N–H and O–H groups in total. The zero-order chi connectivity index (χ0) is 17.5. The number of aryl methyl sites for hydroxylation is 1. The van der Waals surface area contributed by atoms with Gasteiger partial charge in [0.25, 0.3) is 0 Å². The molecule has 2 aromatic rings. The van der Waals surface area contributed by atoms with Crippen molar-refractivity contribution in [1.29, 1.82) is 0 Å². The second-order valence-corrected chi connectivity index (χ2v) is 6.49. The Balaban J connectivity index is 1.73. The van der Waals surface area contributed by atoms with E-state index in [1.54, 1.807) is 24.3 Å². The lowest BCUT2D eigenvalue weighted by Crippen LogP contribution is -2.31. The van der Waals surface area contributed by atoms with Crippen LogP contribution >= 0.6 is 27.5 Å². The number of nitrogens with one attached hydrogen (secondary N) is 3. The van der Waals surface area contributed by atoms with Crippen molar-refractivity contribution in [1.82, 2.24) is 5.32 Å². The van der Waals surface area contributed by atoms with Gasteiger partial charge in [-0.1, -0.05) is 33.6 Å². The van der Waals surface area contributed by atoms with Gasteiger partial charge >= 0.3 is 6.03 Å². The number of carbonyl (C=O) groups excluding carboxylic acids is 2. The predicted octanol–water partition coefficient (Wildman–Crippen LogP) is 4.56. The van der Waals surface area contributed by atoms with E-state index in [2.05, 4.69) is 31.9 Å². The van der Waals surface area contributed by atoms with Crippen molar-refractivity contribution in [2.24, 2.45) is 0 Å². The highest BCUT2D eigenvalue weighted by atomic mass is 79.9. The molecule has 0 radical (unpaired) electrons. The number of halogens is 2. The van der Waals surface area contributed by atoms with Gasteiger partial charge < -0.3 is 16.0 Å². The lowest BCUT2D eigenvalue weighted by atomic mass is 10.2. The van der Waals surface area contributed by atoms with Gasteiger partial charge in [0.1, 0.15) is 0 Å². The summed E-state index contributed by atoms with van der Waals surface area (Å²) >= 11 is 9.39. The molecule has 0 heterocycles. The average Bonchev–Trinajstić information content (AvgIpc) is 2.52. The van der Waals surface area contributed by atoms with E-state index in [1.165, 1.54) is 0 Å². The lowest BCUT2D eigenvalue weighted by Gasteiger charge is -2.09. The highest BCUT2D eigenvalue weighted by molar-refractivity contribution is 9.10. The van der Waals surface area contributed by atoms with E-state index in [4.69, 9.17) is 11.6 Å². The Morgan fingerprint density at radius 3 is 2.46 bits per heavy atom. The first-order valence-electron chi connectivity index (χ1n) is 7.30. The number of anilines is 2. The zero-order valence-electron chi connectivity index (χ0n) is 13.0. The van der Waals surface area contributed by atoms with Gasteiger partial charge in [-0.25, -0.2) is 4.79 Å². The first-order chi connectivity index (χ1) is 11.4. The lowest BCUT2D eigenvalue weighted by molar-refractivity contribution is -0.116. The predicted molar refractivity (Wildman–Crippen MR) is 101 cm³/mol. The molecule has 3 amide bonds. The fourth-order valence-corrected chi connectivity index (χ4v) is 2.48. The minimum atomic E-state index is -0.363. The number of urea groups is 1. The summed E-state index contributed by atoms with van der Waals surface area (Å²) < 4.78 is 0.930. The highest BCUT2D eigenvalue weighted by Crippen LogP contribution is 2.22. The Morgan fingerprint density at radius 2 is 1.79 bits per heavy atom. The maximum Gasteiger partial charge on any atom is 0.319 e. The monoisotopic (exact) mass is 409 g/mol. The molecule has 0 spiro atoms. The van der Waals surface area contributed by atoms with Crippen molar-refractivity contribution in [2.75, 3.05) is 17.2 Å². The van der Waals surface area contributed by atoms with Gasteiger partial charge in [-0.3, -0.25) is 4.79 Å². The molecule has 126 valence electrons. The fourth-order valence-electron chi connectivity index (χ4n) is 1.93. The van der Waals surface area contributed by atoms with Crippen LogP contribution in [0.5, 0.6) is 0 Å². The summed E-state index contributed by atoms with van der Waals surface area (Å²) in [5, 5.41) is 8.52. The van der Waals surface area contributed by atoms with Crippen LogP contribution in [0.4, 0.5) is 16.2 Å². The molecule has 0 aliphatic heterocycles. The molecule has 2 rings (SSSR count). The summed E-state index contributed by atoms with van der Waals surface area (Å²) in [6, 6.07) is 12.2. The molecule has 0 saturated carbocycles. The molecule has 5 nitrogen and oxygen atoms in total. The van der Waals surface area contributed by atoms with Gasteiger partial charge in [0, 0.05) is 23.1 Å². The van der Waals surface area contributed by atoms with E-state index in [9.17, 15) is 9.59 Å². The van der Waals surface area contributed by atoms with Gasteiger partial charge in [0.2, 0.25) is 5.91 Å². The Morgan fingerprint density at radius 1 is 1.08 bits per heavy atom. The standard InChI is InChI=1S/C17H17BrClN3O2/c1-11-2-7-15(14(19)10-11)22-16(23)8-9-20-17(24)21-13-5-3-12(18)4-6-13/h2-7,10H,8-9H2,1H3,(H,22,23)(H2,20,21,24). The van der Waals surface area contributed by atoms with E-state index in [0.717, 1.165) is 10.0 Å². The van der Waals surface area contributed by atoms with Crippen molar-refractivity contribution in [2.45, 2.75) is 13.3 Å². The molecular formula is C17H17BrClN3O2. The molecule has 0 atom stereocenters. The smallest absolute Gasteiger partial charge is 0.319 e. The Labute approximate surface area is 153 Å². The summed E-state index contributed by atoms with van der Waals surface area (Å²) in [6.07, 6.45) is 0.151. The number of amides is 3. The summed E-state index contributed by atoms with van der Waals surface area (Å²) in [7, 11) is 0. The minimum absolute atomic E-state index is 0.151. The summed E-state index contributed by atoms with van der Waals surface area (Å²) in [4.78, 5) is 23.6. The van der Waals surface area contributed by atoms with Crippen LogP contribution in [-0.4, -0.2) is 18.5 Å². The van der Waals surface area contributed by atoms with Crippen molar-refractivity contribution in [3.8, 4) is 0 Å². The second-order valence-electron chi connectivity index (χ2n) is 5.17. The third kappa shape index (κ3) is 5.86. The number of carbonyl (C=O) groups is 2. The number of hydrogen-bond donors (Lipinski definition) is 3. The first-order valence-corrected chi connectivity index (χ1v) is 8.47. The number of rotatable bonds is 5. The van der Waals surface area contributed by atoms with Gasteiger partial charge in [-0.05, 0) is 48.9 Å². The van der Waals surface area contributed by atoms with Crippen LogP contribution in [0.15, 0.2) is 46.9 Å². The third-order valence-electron chi connectivity index (χ3n) is 3.14. The number of hydrogen-bond acceptors (Lipinski definition) is 2. The van der Waals surface area contributed by atoms with Crippen LogP contribution < -0.4 is 16.0 Å². The van der Waals surface area contributed by atoms with Crippen LogP contribution in [0.1, 0.15) is 12.0 Å². The summed E-state index contributed by atoms with van der Waals surface area (Å²) in [6.45, 7) is 2.14. The molecule has 0 unspecified atom stereocenters. The molecule has 0 fully saturated rings. The Hall–Kier alpha value is -2.05. The van der Waals surface area contributed by atoms with Gasteiger partial charge in [-0.15, -0.1) is 0 Å². The molecule has 0 aliphatic carbocycles. The summed E-state index contributed by atoms with van der Waals surface area (Å²) in [5.74, 6) is -0.218. The van der Waals surface area contributed by atoms with E-state index in [1.807, 2.05) is 25.1 Å². The maximum atomic E-state index is 11.9. The van der Waals surface area contributed by atoms with Gasteiger partial charge in [0.05, 0.1) is 10.7 Å². The molecule has 0 bridgehead atoms. The minimum Gasteiger partial charge on any atom is -0.337 e. The highest BCUT2D eigenvalue weighted by Gasteiger charge is 2.07. The van der Waals surface area contributed by atoms with Crippen molar-refractivity contribution >= 4 is 50.8 Å². The normalized spacial score (nSPS) is 10.1. The topological polar surface area (TPSA) is 70.2 Å². The fraction of sp³-hybridized carbons (Fsp3) is 0.176. The molecular weight excluding hydrogens is 394 g/mol. The average molecular weight is 411 g/mol. The third-order valence-corrected chi connectivity index (χ3v) is 3.98. The first kappa shape index (κ1) is 18.3. The van der Waals surface area contributed by atoms with E-state index in [0.29, 0.717) is 16.4 Å². The van der Waals surface area contributed by atoms with Crippen LogP contribution in [0.3, 0.4) is 0 Å². The molecule has 7 heteroatoms. The number of benzene rings is 2. The zero-order valence-corrected chi connectivity index (χ0v) is 15.4. The van der Waals surface area contributed by atoms with Gasteiger partial charge in [-0.2, -0.15) is 0 Å². The quantitative estimate of drug-likeness (QED) is 0.676. The van der Waals surface area contributed by atoms with Crippen LogP contribution in [0.25, 0.3) is 0 Å². The van der Waals surface area contributed by atoms with Crippen LogP contribution in [0.2, 0.25) is 5.02 Å². The van der Waals surface area contributed by atoms with E-state index in [-0.39, 0.29) is 24.9 Å². The summed E-state index contributed by atoms with van der Waals surface area (Å²) in [5.41, 5.74) is 2.25. The SMILES string of the molecule is Cc1ccc(NC(=O)CCNC(=O)Nc2ccc(Br)cc2)c(Cl)c1. The second kappa shape index (κ2) is 8.70. The van der Waals surface area contributed by atoms with Crippen LogP contribution in [-0.2, 0) is 4.79 Å². The van der Waals surface area contributed by atoms with Crippen LogP contribution in [0, 0.1) is 6.92 Å². The molecule has 0 saturated heterocycles. The largest absolute Gasteiger partial charge is 0.337 e.